The first kappa shape index (κ1) is 17.4. The van der Waals surface area contributed by atoms with Gasteiger partial charge in [0.15, 0.2) is 0 Å². The molecule has 0 fully saturated rings. The first-order chi connectivity index (χ1) is 11.3. The van der Waals surface area contributed by atoms with E-state index in [0.717, 1.165) is 16.9 Å². The van der Waals surface area contributed by atoms with Gasteiger partial charge < -0.3 is 9.69 Å². The van der Waals surface area contributed by atoms with E-state index in [1.54, 1.807) is 0 Å². The summed E-state index contributed by atoms with van der Waals surface area (Å²) in [6.07, 6.45) is 0.728. The minimum absolute atomic E-state index is 0.0507. The fourth-order valence-electron chi connectivity index (χ4n) is 3.25. The highest BCUT2D eigenvalue weighted by atomic mass is 16.1. The highest BCUT2D eigenvalue weighted by Crippen LogP contribution is 2.48. The summed E-state index contributed by atoms with van der Waals surface area (Å²) in [5.74, 6) is 0.0507. The maximum Gasteiger partial charge on any atom is 0.218 e. The quantitative estimate of drug-likeness (QED) is 0.795. The van der Waals surface area contributed by atoms with Gasteiger partial charge in [-0.3, -0.25) is 0 Å². The molecule has 0 aliphatic carbocycles. The zero-order valence-electron chi connectivity index (χ0n) is 14.4. The molecule has 5 nitrogen and oxygen atoms in total. The Kier molecular flexibility index (Phi) is 4.85. The maximum atomic E-state index is 11.4. The highest BCUT2D eigenvalue weighted by Gasteiger charge is 2.40. The van der Waals surface area contributed by atoms with Gasteiger partial charge in [0, 0.05) is 30.3 Å². The van der Waals surface area contributed by atoms with E-state index in [-0.39, 0.29) is 16.9 Å². The number of ketones is 1. The third-order valence-corrected chi connectivity index (χ3v) is 4.31. The number of nitrogens with zero attached hydrogens (tertiary/aromatic N) is 4. The van der Waals surface area contributed by atoms with Crippen LogP contribution in [0, 0.1) is 22.7 Å². The first-order valence-corrected chi connectivity index (χ1v) is 7.78. The van der Waals surface area contributed by atoms with E-state index in [2.05, 4.69) is 24.9 Å². The summed E-state index contributed by atoms with van der Waals surface area (Å²) in [5, 5.41) is 18.1. The number of nitriles is 2. The second-order valence-electron chi connectivity index (χ2n) is 6.38. The predicted octanol–water partition coefficient (Wildman–Crippen LogP) is 3.48. The molecule has 1 aromatic rings. The van der Waals surface area contributed by atoms with Crippen molar-refractivity contribution in [2.45, 2.75) is 39.0 Å². The number of Topliss-reactive ketones (excluding diaryl/α,β-unsaturated/α-hetero) is 1. The molecular weight excluding hydrogens is 300 g/mol. The Labute approximate surface area is 142 Å². The summed E-state index contributed by atoms with van der Waals surface area (Å²) in [4.78, 5) is 17.8. The fourth-order valence-corrected chi connectivity index (χ4v) is 3.25. The number of carbonyl (C=O) groups is 1. The van der Waals surface area contributed by atoms with Crippen molar-refractivity contribution in [3.63, 3.8) is 0 Å². The molecule has 0 amide bonds. The van der Waals surface area contributed by atoms with Gasteiger partial charge in [0.05, 0.1) is 5.70 Å². The van der Waals surface area contributed by atoms with Gasteiger partial charge in [-0.05, 0) is 25.0 Å². The average molecular weight is 320 g/mol. The zero-order valence-corrected chi connectivity index (χ0v) is 14.4. The second kappa shape index (κ2) is 6.68. The van der Waals surface area contributed by atoms with Crippen LogP contribution in [0.1, 0.15) is 39.2 Å². The summed E-state index contributed by atoms with van der Waals surface area (Å²) in [6, 6.07) is 11.7. The molecular formula is C19H20N4O. The van der Waals surface area contributed by atoms with E-state index < -0.39 is 0 Å². The molecule has 1 aliphatic rings. The van der Waals surface area contributed by atoms with Crippen molar-refractivity contribution >= 4 is 17.2 Å². The van der Waals surface area contributed by atoms with E-state index in [1.165, 1.54) is 6.92 Å². The Morgan fingerprint density at radius 3 is 2.38 bits per heavy atom. The van der Waals surface area contributed by atoms with Crippen LogP contribution in [-0.4, -0.2) is 18.5 Å². The molecule has 1 heterocycles. The van der Waals surface area contributed by atoms with E-state index in [1.807, 2.05) is 42.3 Å². The number of anilines is 1. The normalized spacial score (nSPS) is 16.7. The molecule has 0 atom stereocenters. The van der Waals surface area contributed by atoms with Gasteiger partial charge >= 0.3 is 0 Å². The van der Waals surface area contributed by atoms with Crippen molar-refractivity contribution in [3.8, 4) is 12.1 Å². The molecule has 122 valence electrons. The van der Waals surface area contributed by atoms with Gasteiger partial charge in [-0.1, -0.05) is 32.0 Å². The molecule has 0 radical (unpaired) electrons. The topological polar surface area (TPSA) is 80.2 Å². The third kappa shape index (κ3) is 3.07. The standard InChI is InChI=1S/C19H20N4O/c1-13(24)9-10-16(22-14(11-20)12-21)18-19(2,3)15-7-5-6-8-17(15)23(18)4/h5-8H,9-10H2,1-4H3/b18-16-. The highest BCUT2D eigenvalue weighted by molar-refractivity contribution is 6.10. The molecule has 2 rings (SSSR count). The Morgan fingerprint density at radius 1 is 1.21 bits per heavy atom. The zero-order chi connectivity index (χ0) is 17.9. The fraction of sp³-hybridized carbons (Fsp3) is 0.368. The summed E-state index contributed by atoms with van der Waals surface area (Å²) in [5.41, 5.74) is 3.26. The van der Waals surface area contributed by atoms with Gasteiger partial charge in [-0.15, -0.1) is 0 Å². The summed E-state index contributed by atoms with van der Waals surface area (Å²) in [6.45, 7) is 5.71. The molecule has 24 heavy (non-hydrogen) atoms. The summed E-state index contributed by atoms with van der Waals surface area (Å²) < 4.78 is 0. The van der Waals surface area contributed by atoms with E-state index in [9.17, 15) is 4.79 Å². The monoisotopic (exact) mass is 320 g/mol. The van der Waals surface area contributed by atoms with Gasteiger partial charge in [-0.25, -0.2) is 4.99 Å². The molecule has 0 saturated heterocycles. The van der Waals surface area contributed by atoms with E-state index >= 15 is 0 Å². The number of carbonyl (C=O) groups excluding carboxylic acids is 1. The lowest BCUT2D eigenvalue weighted by molar-refractivity contribution is -0.116. The Morgan fingerprint density at radius 2 is 1.83 bits per heavy atom. The molecule has 1 aliphatic heterocycles. The molecule has 0 aromatic heterocycles. The van der Waals surface area contributed by atoms with Crippen molar-refractivity contribution < 1.29 is 4.79 Å². The number of likely N-dealkylation sites (N-methyl/N-ethyl adjacent to an activating group) is 1. The minimum atomic E-state index is -0.322. The van der Waals surface area contributed by atoms with Crippen LogP contribution < -0.4 is 4.90 Å². The first-order valence-electron chi connectivity index (χ1n) is 7.78. The molecule has 0 unspecified atom stereocenters. The van der Waals surface area contributed by atoms with Crippen LogP contribution in [0.3, 0.4) is 0 Å². The van der Waals surface area contributed by atoms with Gasteiger partial charge in [0.25, 0.3) is 0 Å². The molecule has 0 spiro atoms. The van der Waals surface area contributed by atoms with Crippen LogP contribution in [0.25, 0.3) is 0 Å². The number of para-hydroxylation sites is 1. The SMILES string of the molecule is CC(=O)CC/C(N=C(C#N)C#N)=C1/N(C)c2ccccc2C1(C)C. The van der Waals surface area contributed by atoms with Crippen molar-refractivity contribution in [3.05, 3.63) is 41.2 Å². The molecule has 0 N–H and O–H groups in total. The lowest BCUT2D eigenvalue weighted by atomic mass is 9.82. The van der Waals surface area contributed by atoms with Crippen LogP contribution in [-0.2, 0) is 10.2 Å². The van der Waals surface area contributed by atoms with Gasteiger partial charge in [-0.2, -0.15) is 10.5 Å². The van der Waals surface area contributed by atoms with Gasteiger partial charge in [0.1, 0.15) is 17.9 Å². The van der Waals surface area contributed by atoms with Crippen LogP contribution >= 0.6 is 0 Å². The number of allylic oxidation sites excluding steroid dienone is 2. The molecule has 5 heteroatoms. The van der Waals surface area contributed by atoms with E-state index in [4.69, 9.17) is 10.5 Å². The van der Waals surface area contributed by atoms with Crippen molar-refractivity contribution in [2.75, 3.05) is 11.9 Å². The number of aliphatic imine (C=N–C) groups is 1. The largest absolute Gasteiger partial charge is 0.346 e. The van der Waals surface area contributed by atoms with Crippen molar-refractivity contribution in [2.24, 2.45) is 4.99 Å². The Balaban J connectivity index is 2.66. The van der Waals surface area contributed by atoms with Crippen LogP contribution in [0.2, 0.25) is 0 Å². The summed E-state index contributed by atoms with van der Waals surface area (Å²) >= 11 is 0. The lowest BCUT2D eigenvalue weighted by Crippen LogP contribution is -2.25. The summed E-state index contributed by atoms with van der Waals surface area (Å²) in [7, 11) is 1.95. The number of benzene rings is 1. The number of fused-ring (bicyclic) bond motifs is 1. The number of rotatable bonds is 4. The van der Waals surface area contributed by atoms with Crippen LogP contribution in [0.5, 0.6) is 0 Å². The molecule has 0 saturated carbocycles. The van der Waals surface area contributed by atoms with Gasteiger partial charge in [0.2, 0.25) is 5.71 Å². The Bertz CT molecular complexity index is 803. The van der Waals surface area contributed by atoms with Crippen molar-refractivity contribution in [1.82, 2.24) is 0 Å². The maximum absolute atomic E-state index is 11.4. The predicted molar refractivity (Wildman–Crippen MR) is 93.5 cm³/mol. The van der Waals surface area contributed by atoms with Crippen LogP contribution in [0.15, 0.2) is 40.7 Å². The average Bonchev–Trinajstić information content (AvgIpc) is 2.75. The van der Waals surface area contributed by atoms with Crippen molar-refractivity contribution in [1.29, 1.82) is 10.5 Å². The number of hydrogen-bond donors (Lipinski definition) is 0. The number of hydrogen-bond acceptors (Lipinski definition) is 5. The Hall–Kier alpha value is -2.92. The molecule has 0 bridgehead atoms. The lowest BCUT2D eigenvalue weighted by Gasteiger charge is -2.26. The van der Waals surface area contributed by atoms with Crippen LogP contribution in [0.4, 0.5) is 5.69 Å². The molecule has 1 aromatic carbocycles. The van der Waals surface area contributed by atoms with E-state index in [0.29, 0.717) is 18.5 Å². The third-order valence-electron chi connectivity index (χ3n) is 4.31. The second-order valence-corrected chi connectivity index (χ2v) is 6.38. The minimum Gasteiger partial charge on any atom is -0.346 e. The smallest absolute Gasteiger partial charge is 0.218 e.